The summed E-state index contributed by atoms with van der Waals surface area (Å²) >= 11 is 3.30. The lowest BCUT2D eigenvalue weighted by Gasteiger charge is -2.07. The Kier molecular flexibility index (Phi) is 4.50. The summed E-state index contributed by atoms with van der Waals surface area (Å²) in [4.78, 5) is 0. The zero-order valence-electron chi connectivity index (χ0n) is 8.64. The minimum Gasteiger partial charge on any atom is -0.471 e. The van der Waals surface area contributed by atoms with Crippen LogP contribution in [0, 0.1) is 0 Å². The first-order valence-electron chi connectivity index (χ1n) is 4.76. The number of hydrogen-bond acceptors (Lipinski definition) is 2. The Balaban J connectivity index is 2.88. The van der Waals surface area contributed by atoms with Crippen molar-refractivity contribution >= 4 is 15.9 Å². The Morgan fingerprint density at radius 1 is 1.47 bits per heavy atom. The number of nitrogens with zero attached hydrogens (tertiary/aromatic N) is 2. The molecule has 1 heterocycles. The smallest absolute Gasteiger partial charge is 0.272 e. The summed E-state index contributed by atoms with van der Waals surface area (Å²) < 4.78 is 31.3. The molecule has 0 radical (unpaired) electrons. The maximum Gasteiger partial charge on any atom is 0.272 e. The number of halogens is 3. The van der Waals surface area contributed by atoms with Gasteiger partial charge in [0.25, 0.3) is 6.43 Å². The van der Waals surface area contributed by atoms with E-state index >= 15 is 0 Å². The van der Waals surface area contributed by atoms with E-state index in [1.807, 2.05) is 13.8 Å². The molecule has 1 aromatic heterocycles. The van der Waals surface area contributed by atoms with Gasteiger partial charge in [0.1, 0.15) is 4.47 Å². The van der Waals surface area contributed by atoms with E-state index in [0.29, 0.717) is 16.9 Å². The van der Waals surface area contributed by atoms with Crippen LogP contribution >= 0.6 is 15.9 Å². The number of rotatable bonds is 5. The molecule has 0 aromatic carbocycles. The highest BCUT2D eigenvalue weighted by atomic mass is 79.9. The van der Waals surface area contributed by atoms with Gasteiger partial charge < -0.3 is 4.74 Å². The van der Waals surface area contributed by atoms with Gasteiger partial charge >= 0.3 is 0 Å². The first kappa shape index (κ1) is 12.4. The number of ether oxygens (including phenoxy) is 1. The van der Waals surface area contributed by atoms with E-state index in [4.69, 9.17) is 4.74 Å². The molecule has 0 atom stereocenters. The molecule has 0 bridgehead atoms. The largest absolute Gasteiger partial charge is 0.471 e. The topological polar surface area (TPSA) is 27.1 Å². The number of alkyl halides is 2. The monoisotopic (exact) mass is 282 g/mol. The van der Waals surface area contributed by atoms with E-state index in [-0.39, 0.29) is 0 Å². The van der Waals surface area contributed by atoms with Crippen LogP contribution < -0.4 is 4.74 Å². The summed E-state index contributed by atoms with van der Waals surface area (Å²) in [6.07, 6.45) is -1.74. The zero-order chi connectivity index (χ0) is 11.4. The van der Waals surface area contributed by atoms with Gasteiger partial charge in [0.15, 0.2) is 6.61 Å². The van der Waals surface area contributed by atoms with Gasteiger partial charge in [-0.25, -0.2) is 13.5 Å². The summed E-state index contributed by atoms with van der Waals surface area (Å²) in [5.74, 6) is 0.384. The summed E-state index contributed by atoms with van der Waals surface area (Å²) in [5.41, 5.74) is 0.820. The fourth-order valence-corrected chi connectivity index (χ4v) is 1.87. The molecule has 1 rings (SSSR count). The fraction of sp³-hybridized carbons (Fsp3) is 0.667. The van der Waals surface area contributed by atoms with Crippen molar-refractivity contribution in [3.63, 3.8) is 0 Å². The molecular weight excluding hydrogens is 270 g/mol. The molecule has 6 heteroatoms. The average Bonchev–Trinajstić information content (AvgIpc) is 2.51. The van der Waals surface area contributed by atoms with Crippen LogP contribution in [0.2, 0.25) is 0 Å². The lowest BCUT2D eigenvalue weighted by molar-refractivity contribution is 0.0765. The Hall–Kier alpha value is -0.650. The van der Waals surface area contributed by atoms with Crippen molar-refractivity contribution in [1.82, 2.24) is 9.78 Å². The van der Waals surface area contributed by atoms with E-state index in [1.54, 1.807) is 4.68 Å². The zero-order valence-corrected chi connectivity index (χ0v) is 10.2. The van der Waals surface area contributed by atoms with Gasteiger partial charge in [-0.15, -0.1) is 0 Å². The molecule has 0 saturated carbocycles. The van der Waals surface area contributed by atoms with E-state index in [0.717, 1.165) is 12.1 Å². The van der Waals surface area contributed by atoms with E-state index in [9.17, 15) is 8.78 Å². The van der Waals surface area contributed by atoms with Gasteiger partial charge in [-0.3, -0.25) is 0 Å². The highest BCUT2D eigenvalue weighted by molar-refractivity contribution is 9.10. The minimum absolute atomic E-state index is 0.384. The summed E-state index contributed by atoms with van der Waals surface area (Å²) in [5, 5.41) is 4.22. The summed E-state index contributed by atoms with van der Waals surface area (Å²) in [6, 6.07) is 0. The predicted octanol–water partition coefficient (Wildman–Crippen LogP) is 2.87. The molecule has 0 unspecified atom stereocenters. The van der Waals surface area contributed by atoms with Crippen LogP contribution in [0.5, 0.6) is 5.88 Å². The molecule has 0 aliphatic carbocycles. The van der Waals surface area contributed by atoms with Crippen LogP contribution in [0.3, 0.4) is 0 Å². The fourth-order valence-electron chi connectivity index (χ4n) is 1.19. The lowest BCUT2D eigenvalue weighted by Crippen LogP contribution is -2.10. The second kappa shape index (κ2) is 5.44. The van der Waals surface area contributed by atoms with Gasteiger partial charge in [-0.05, 0) is 29.3 Å². The van der Waals surface area contributed by atoms with Gasteiger partial charge in [-0.2, -0.15) is 5.10 Å². The molecular formula is C9H13BrF2N2O. The van der Waals surface area contributed by atoms with E-state index in [2.05, 4.69) is 21.0 Å². The Morgan fingerprint density at radius 3 is 2.60 bits per heavy atom. The number of aromatic nitrogens is 2. The van der Waals surface area contributed by atoms with Crippen LogP contribution in [0.25, 0.3) is 0 Å². The Bertz CT molecular complexity index is 328. The van der Waals surface area contributed by atoms with Gasteiger partial charge in [0.05, 0.1) is 5.69 Å². The molecule has 0 aliphatic heterocycles. The molecule has 1 aromatic rings. The molecule has 15 heavy (non-hydrogen) atoms. The molecule has 0 amide bonds. The molecule has 0 aliphatic rings. The Labute approximate surface area is 95.5 Å². The van der Waals surface area contributed by atoms with Crippen molar-refractivity contribution in [2.24, 2.45) is 0 Å². The quantitative estimate of drug-likeness (QED) is 0.830. The van der Waals surface area contributed by atoms with Crippen molar-refractivity contribution in [2.45, 2.75) is 33.2 Å². The van der Waals surface area contributed by atoms with Crippen LogP contribution in [0.15, 0.2) is 4.47 Å². The second-order valence-electron chi connectivity index (χ2n) is 2.94. The first-order valence-corrected chi connectivity index (χ1v) is 5.55. The van der Waals surface area contributed by atoms with Crippen LogP contribution in [0.4, 0.5) is 8.78 Å². The van der Waals surface area contributed by atoms with E-state index in [1.165, 1.54) is 0 Å². The highest BCUT2D eigenvalue weighted by Crippen LogP contribution is 2.29. The van der Waals surface area contributed by atoms with Crippen molar-refractivity contribution in [3.8, 4) is 5.88 Å². The van der Waals surface area contributed by atoms with Crippen LogP contribution in [-0.4, -0.2) is 22.8 Å². The van der Waals surface area contributed by atoms with Crippen molar-refractivity contribution in [1.29, 1.82) is 0 Å². The lowest BCUT2D eigenvalue weighted by atomic mass is 10.3. The maximum atomic E-state index is 12.0. The van der Waals surface area contributed by atoms with Crippen LogP contribution in [0.1, 0.15) is 19.5 Å². The number of hydrogen-bond donors (Lipinski definition) is 0. The molecule has 3 nitrogen and oxygen atoms in total. The summed E-state index contributed by atoms with van der Waals surface area (Å²) in [7, 11) is 0. The van der Waals surface area contributed by atoms with Gasteiger partial charge in [-0.1, -0.05) is 6.92 Å². The first-order chi connectivity index (χ1) is 7.10. The molecule has 0 spiro atoms. The summed E-state index contributed by atoms with van der Waals surface area (Å²) in [6.45, 7) is 3.82. The van der Waals surface area contributed by atoms with E-state index < -0.39 is 13.0 Å². The van der Waals surface area contributed by atoms with Gasteiger partial charge in [0, 0.05) is 6.54 Å². The van der Waals surface area contributed by atoms with Crippen molar-refractivity contribution in [3.05, 3.63) is 10.2 Å². The third-order valence-electron chi connectivity index (χ3n) is 1.90. The SMILES string of the molecule is CCc1nn(CC)c(OCC(F)F)c1Br. The molecule has 0 saturated heterocycles. The maximum absolute atomic E-state index is 12.0. The van der Waals surface area contributed by atoms with Crippen molar-refractivity contribution in [2.75, 3.05) is 6.61 Å². The molecule has 0 N–H and O–H groups in total. The highest BCUT2D eigenvalue weighted by Gasteiger charge is 2.16. The average molecular weight is 283 g/mol. The molecule has 86 valence electrons. The van der Waals surface area contributed by atoms with Gasteiger partial charge in [0.2, 0.25) is 5.88 Å². The number of aryl methyl sites for hydroxylation is 2. The van der Waals surface area contributed by atoms with Crippen molar-refractivity contribution < 1.29 is 13.5 Å². The predicted molar refractivity (Wildman–Crippen MR) is 56.5 cm³/mol. The standard InChI is InChI=1S/C9H13BrF2N2O/c1-3-6-8(10)9(14(4-2)13-6)15-5-7(11)12/h7H,3-5H2,1-2H3. The van der Waals surface area contributed by atoms with Crippen LogP contribution in [-0.2, 0) is 13.0 Å². The Morgan fingerprint density at radius 2 is 2.13 bits per heavy atom. The third kappa shape index (κ3) is 2.90. The normalized spacial score (nSPS) is 11.1. The molecule has 0 fully saturated rings. The minimum atomic E-state index is -2.47. The third-order valence-corrected chi connectivity index (χ3v) is 2.69. The second-order valence-corrected chi connectivity index (χ2v) is 3.73.